The Labute approximate surface area is 116 Å². The summed E-state index contributed by atoms with van der Waals surface area (Å²) in [4.78, 5) is 33.9. The molecule has 0 aliphatic heterocycles. The smallest absolute Gasteiger partial charge is 0.326 e. The summed E-state index contributed by atoms with van der Waals surface area (Å²) < 4.78 is 5.32. The van der Waals surface area contributed by atoms with Gasteiger partial charge in [0.2, 0.25) is 5.91 Å². The van der Waals surface area contributed by atoms with Crippen molar-refractivity contribution in [1.29, 1.82) is 0 Å². The van der Waals surface area contributed by atoms with Crippen molar-refractivity contribution in [1.82, 2.24) is 5.32 Å². The second kappa shape index (κ2) is 6.23. The second-order valence-corrected chi connectivity index (χ2v) is 4.58. The van der Waals surface area contributed by atoms with E-state index in [2.05, 4.69) is 5.32 Å². The Kier molecular flexibility index (Phi) is 4.90. The van der Waals surface area contributed by atoms with Gasteiger partial charge in [0.25, 0.3) is 5.91 Å². The number of carbonyl (C=O) groups excluding carboxylic acids is 2. The van der Waals surface area contributed by atoms with Gasteiger partial charge >= 0.3 is 5.97 Å². The molecule has 110 valence electrons. The van der Waals surface area contributed by atoms with E-state index in [0.29, 0.717) is 22.6 Å². The Hall–Kier alpha value is -2.31. The molecule has 0 saturated heterocycles. The molecular formula is C13H18N2O5. The van der Waals surface area contributed by atoms with Crippen molar-refractivity contribution >= 4 is 17.8 Å². The van der Waals surface area contributed by atoms with E-state index in [1.165, 1.54) is 0 Å². The minimum atomic E-state index is -1.21. The average molecular weight is 282 g/mol. The minimum Gasteiger partial charge on any atom is -0.480 e. The number of rotatable bonds is 6. The molecule has 0 aromatic carbocycles. The highest BCUT2D eigenvalue weighted by Gasteiger charge is 2.25. The third kappa shape index (κ3) is 3.59. The molecule has 0 aliphatic carbocycles. The van der Waals surface area contributed by atoms with Gasteiger partial charge in [-0.3, -0.25) is 9.59 Å². The number of carboxylic acids is 1. The second-order valence-electron chi connectivity index (χ2n) is 4.58. The van der Waals surface area contributed by atoms with E-state index in [4.69, 9.17) is 15.3 Å². The van der Waals surface area contributed by atoms with Gasteiger partial charge in [-0.2, -0.15) is 0 Å². The molecule has 0 saturated carbocycles. The van der Waals surface area contributed by atoms with Gasteiger partial charge in [0, 0.05) is 12.0 Å². The molecule has 0 radical (unpaired) electrons. The van der Waals surface area contributed by atoms with Crippen molar-refractivity contribution in [3.8, 4) is 0 Å². The number of nitrogens with one attached hydrogen (secondary N) is 1. The monoisotopic (exact) mass is 282 g/mol. The summed E-state index contributed by atoms with van der Waals surface area (Å²) in [7, 11) is 0. The lowest BCUT2D eigenvalue weighted by atomic mass is 10.1. The number of nitrogens with two attached hydrogens (primary N) is 1. The number of aryl methyl sites for hydroxylation is 2. The maximum Gasteiger partial charge on any atom is 0.326 e. The van der Waals surface area contributed by atoms with Gasteiger partial charge in [0.05, 0.1) is 5.56 Å². The molecule has 20 heavy (non-hydrogen) atoms. The highest BCUT2D eigenvalue weighted by atomic mass is 16.4. The van der Waals surface area contributed by atoms with Crippen LogP contribution in [0.2, 0.25) is 0 Å². The summed E-state index contributed by atoms with van der Waals surface area (Å²) in [5.74, 6) is -1.32. The molecular weight excluding hydrogens is 264 g/mol. The van der Waals surface area contributed by atoms with E-state index in [1.807, 2.05) is 0 Å². The van der Waals surface area contributed by atoms with Crippen molar-refractivity contribution in [2.24, 2.45) is 5.73 Å². The maximum absolute atomic E-state index is 12.1. The third-order valence-electron chi connectivity index (χ3n) is 3.07. The summed E-state index contributed by atoms with van der Waals surface area (Å²) in [5, 5.41) is 11.4. The Balaban J connectivity index is 2.85. The standard InChI is InChI=1S/C13H18N2O5/c1-6-7(2)20-8(3)11(6)12(17)15-9(13(18)19)4-5-10(14)16/h9H,4-5H2,1-3H3,(H2,14,16)(H,15,17)(H,18,19)/t9-/m0/s1. The molecule has 1 aromatic heterocycles. The van der Waals surface area contributed by atoms with Crippen molar-refractivity contribution in [2.75, 3.05) is 0 Å². The SMILES string of the molecule is Cc1oc(C)c(C(=O)N[C@@H](CCC(N)=O)C(=O)O)c1C. The number of hydrogen-bond acceptors (Lipinski definition) is 4. The van der Waals surface area contributed by atoms with Gasteiger partial charge in [-0.25, -0.2) is 4.79 Å². The van der Waals surface area contributed by atoms with Crippen LogP contribution in [0.1, 0.15) is 40.3 Å². The number of furan rings is 1. The first-order chi connectivity index (χ1) is 9.23. The Bertz CT molecular complexity index is 547. The zero-order valence-corrected chi connectivity index (χ0v) is 11.6. The molecule has 1 aromatic rings. The lowest BCUT2D eigenvalue weighted by Crippen LogP contribution is -2.41. The van der Waals surface area contributed by atoms with Gasteiger partial charge in [-0.15, -0.1) is 0 Å². The summed E-state index contributed by atoms with van der Waals surface area (Å²) in [5.41, 5.74) is 5.97. The maximum atomic E-state index is 12.1. The molecule has 0 spiro atoms. The van der Waals surface area contributed by atoms with E-state index >= 15 is 0 Å². The molecule has 4 N–H and O–H groups in total. The quantitative estimate of drug-likeness (QED) is 0.707. The number of carboxylic acid groups (broad SMARTS) is 1. The van der Waals surface area contributed by atoms with Crippen LogP contribution in [-0.4, -0.2) is 28.9 Å². The first-order valence-electron chi connectivity index (χ1n) is 6.12. The minimum absolute atomic E-state index is 0.0503. The third-order valence-corrected chi connectivity index (χ3v) is 3.07. The first kappa shape index (κ1) is 15.7. The molecule has 0 bridgehead atoms. The van der Waals surface area contributed by atoms with Crippen molar-refractivity contribution in [3.05, 3.63) is 22.6 Å². The van der Waals surface area contributed by atoms with Crippen LogP contribution in [-0.2, 0) is 9.59 Å². The number of hydrogen-bond donors (Lipinski definition) is 3. The van der Waals surface area contributed by atoms with Crippen molar-refractivity contribution in [3.63, 3.8) is 0 Å². The average Bonchev–Trinajstić information content (AvgIpc) is 2.58. The molecule has 7 heteroatoms. The molecule has 0 fully saturated rings. The van der Waals surface area contributed by atoms with Crippen LogP contribution in [0, 0.1) is 20.8 Å². The Morgan fingerprint density at radius 3 is 2.25 bits per heavy atom. The van der Waals surface area contributed by atoms with Crippen LogP contribution >= 0.6 is 0 Å². The summed E-state index contributed by atoms with van der Waals surface area (Å²) in [6.45, 7) is 5.08. The molecule has 1 atom stereocenters. The van der Waals surface area contributed by atoms with Gasteiger partial charge in [-0.1, -0.05) is 0 Å². The van der Waals surface area contributed by atoms with E-state index in [1.54, 1.807) is 20.8 Å². The molecule has 0 aliphatic rings. The predicted molar refractivity (Wildman–Crippen MR) is 70.2 cm³/mol. The molecule has 2 amide bonds. The van der Waals surface area contributed by atoms with Crippen molar-refractivity contribution < 1.29 is 23.9 Å². The van der Waals surface area contributed by atoms with Crippen LogP contribution in [0.5, 0.6) is 0 Å². The fraction of sp³-hybridized carbons (Fsp3) is 0.462. The predicted octanol–water partition coefficient (Wildman–Crippen LogP) is 0.653. The lowest BCUT2D eigenvalue weighted by Gasteiger charge is -2.13. The number of primary amides is 1. The fourth-order valence-electron chi connectivity index (χ4n) is 1.90. The Morgan fingerprint density at radius 1 is 1.25 bits per heavy atom. The topological polar surface area (TPSA) is 123 Å². The molecule has 1 heterocycles. The van der Waals surface area contributed by atoms with Crippen LogP contribution in [0.3, 0.4) is 0 Å². The molecule has 7 nitrogen and oxygen atoms in total. The van der Waals surface area contributed by atoms with E-state index in [9.17, 15) is 14.4 Å². The molecule has 1 rings (SSSR count). The van der Waals surface area contributed by atoms with Crippen LogP contribution in [0.15, 0.2) is 4.42 Å². The van der Waals surface area contributed by atoms with Gasteiger partial charge in [0.15, 0.2) is 0 Å². The molecule has 0 unspecified atom stereocenters. The fourth-order valence-corrected chi connectivity index (χ4v) is 1.90. The van der Waals surface area contributed by atoms with E-state index in [-0.39, 0.29) is 12.8 Å². The first-order valence-corrected chi connectivity index (χ1v) is 6.12. The van der Waals surface area contributed by atoms with Gasteiger partial charge < -0.3 is 20.6 Å². The van der Waals surface area contributed by atoms with E-state index in [0.717, 1.165) is 0 Å². The number of amides is 2. The van der Waals surface area contributed by atoms with Crippen LogP contribution in [0.25, 0.3) is 0 Å². The highest BCUT2D eigenvalue weighted by molar-refractivity contribution is 5.98. The van der Waals surface area contributed by atoms with Gasteiger partial charge in [0.1, 0.15) is 17.6 Å². The van der Waals surface area contributed by atoms with Crippen molar-refractivity contribution in [2.45, 2.75) is 39.7 Å². The number of aliphatic carboxylic acids is 1. The summed E-state index contributed by atoms with van der Waals surface area (Å²) in [6.07, 6.45) is -0.162. The normalized spacial score (nSPS) is 11.9. The Morgan fingerprint density at radius 2 is 1.85 bits per heavy atom. The zero-order chi connectivity index (χ0) is 15.4. The van der Waals surface area contributed by atoms with Gasteiger partial charge in [-0.05, 0) is 27.2 Å². The largest absolute Gasteiger partial charge is 0.480 e. The zero-order valence-electron chi connectivity index (χ0n) is 11.6. The van der Waals surface area contributed by atoms with E-state index < -0.39 is 23.8 Å². The lowest BCUT2D eigenvalue weighted by molar-refractivity contribution is -0.139. The highest BCUT2D eigenvalue weighted by Crippen LogP contribution is 2.20. The summed E-state index contributed by atoms with van der Waals surface area (Å²) in [6, 6.07) is -1.16. The summed E-state index contributed by atoms with van der Waals surface area (Å²) >= 11 is 0. The number of carbonyl (C=O) groups is 3. The van der Waals surface area contributed by atoms with Crippen LogP contribution < -0.4 is 11.1 Å². The van der Waals surface area contributed by atoms with Crippen LogP contribution in [0.4, 0.5) is 0 Å².